The summed E-state index contributed by atoms with van der Waals surface area (Å²) in [4.78, 5) is 26.1. The number of hydrogen-bond acceptors (Lipinski definition) is 3. The summed E-state index contributed by atoms with van der Waals surface area (Å²) in [6.07, 6.45) is 0. The number of nitrogens with zero attached hydrogens (tertiary/aromatic N) is 1. The van der Waals surface area contributed by atoms with E-state index in [9.17, 15) is 9.59 Å². The first-order valence-electron chi connectivity index (χ1n) is 8.27. The molecule has 0 aliphatic heterocycles. The van der Waals surface area contributed by atoms with Gasteiger partial charge in [-0.1, -0.05) is 38.1 Å². The summed E-state index contributed by atoms with van der Waals surface area (Å²) >= 11 is 0. The van der Waals surface area contributed by atoms with Crippen molar-refractivity contribution >= 4 is 17.4 Å². The molecule has 0 radical (unpaired) electrons. The van der Waals surface area contributed by atoms with E-state index in [-0.39, 0.29) is 11.7 Å². The molecule has 24 heavy (non-hydrogen) atoms. The summed E-state index contributed by atoms with van der Waals surface area (Å²) < 4.78 is 0. The molecule has 0 saturated heterocycles. The largest absolute Gasteiger partial charge is 0.322 e. The zero-order chi connectivity index (χ0) is 17.5. The number of nitrogens with one attached hydrogen (secondary N) is 1. The smallest absolute Gasteiger partial charge is 0.255 e. The molecule has 4 nitrogen and oxygen atoms in total. The highest BCUT2D eigenvalue weighted by molar-refractivity contribution is 6.05. The summed E-state index contributed by atoms with van der Waals surface area (Å²) in [5.74, 6) is -0.197. The van der Waals surface area contributed by atoms with E-state index < -0.39 is 0 Å². The Kier molecular flexibility index (Phi) is 6.27. The van der Waals surface area contributed by atoms with Crippen molar-refractivity contribution in [2.24, 2.45) is 0 Å². The molecule has 2 rings (SSSR count). The lowest BCUT2D eigenvalue weighted by atomic mass is 10.1. The van der Waals surface area contributed by atoms with E-state index in [4.69, 9.17) is 0 Å². The molecule has 2 aromatic carbocycles. The van der Waals surface area contributed by atoms with Gasteiger partial charge in [0.2, 0.25) is 0 Å². The van der Waals surface area contributed by atoms with Crippen LogP contribution in [0.3, 0.4) is 0 Å². The van der Waals surface area contributed by atoms with Gasteiger partial charge in [-0.05, 0) is 49.8 Å². The number of hydrogen-bond donors (Lipinski definition) is 1. The van der Waals surface area contributed by atoms with E-state index in [0.717, 1.165) is 19.6 Å². The standard InChI is InChI=1S/C20H24N2O2/c1-4-22(5-2)14-16-9-11-17(12-10-16)20(24)21-19-8-6-7-18(13-19)15(3)23/h6-13H,4-5,14H2,1-3H3,(H,21,24). The SMILES string of the molecule is CCN(CC)Cc1ccc(C(=O)Nc2cccc(C(C)=O)c2)cc1. The third-order valence-electron chi connectivity index (χ3n) is 4.04. The number of carbonyl (C=O) groups excluding carboxylic acids is 2. The van der Waals surface area contributed by atoms with Crippen molar-refractivity contribution in [3.63, 3.8) is 0 Å². The number of Topliss-reactive ketones (excluding diaryl/α,β-unsaturated/α-hetero) is 1. The van der Waals surface area contributed by atoms with Crippen LogP contribution in [0.2, 0.25) is 0 Å². The predicted molar refractivity (Wildman–Crippen MR) is 97.5 cm³/mol. The van der Waals surface area contributed by atoms with Crippen LogP contribution in [0.25, 0.3) is 0 Å². The second-order valence-electron chi connectivity index (χ2n) is 5.75. The maximum Gasteiger partial charge on any atom is 0.255 e. The number of amides is 1. The molecule has 0 aromatic heterocycles. The number of anilines is 1. The first-order valence-corrected chi connectivity index (χ1v) is 8.27. The Balaban J connectivity index is 2.05. The highest BCUT2D eigenvalue weighted by atomic mass is 16.1. The highest BCUT2D eigenvalue weighted by Crippen LogP contribution is 2.14. The van der Waals surface area contributed by atoms with Crippen molar-refractivity contribution in [3.05, 3.63) is 65.2 Å². The van der Waals surface area contributed by atoms with Gasteiger partial charge in [-0.15, -0.1) is 0 Å². The van der Waals surface area contributed by atoms with Crippen molar-refractivity contribution in [2.45, 2.75) is 27.3 Å². The van der Waals surface area contributed by atoms with E-state index in [1.54, 1.807) is 24.3 Å². The number of ketones is 1. The Morgan fingerprint density at radius 1 is 0.958 bits per heavy atom. The molecule has 126 valence electrons. The van der Waals surface area contributed by atoms with Gasteiger partial charge in [-0.25, -0.2) is 0 Å². The van der Waals surface area contributed by atoms with Crippen LogP contribution in [-0.2, 0) is 6.54 Å². The maximum absolute atomic E-state index is 12.3. The fraction of sp³-hybridized carbons (Fsp3) is 0.300. The van der Waals surface area contributed by atoms with Crippen molar-refractivity contribution < 1.29 is 9.59 Å². The Morgan fingerprint density at radius 2 is 1.62 bits per heavy atom. The van der Waals surface area contributed by atoms with Gasteiger partial charge in [0.25, 0.3) is 5.91 Å². The van der Waals surface area contributed by atoms with E-state index in [0.29, 0.717) is 16.8 Å². The fourth-order valence-corrected chi connectivity index (χ4v) is 2.49. The molecule has 4 heteroatoms. The van der Waals surface area contributed by atoms with Gasteiger partial charge in [0.05, 0.1) is 0 Å². The summed E-state index contributed by atoms with van der Waals surface area (Å²) in [5, 5.41) is 2.83. The lowest BCUT2D eigenvalue weighted by Gasteiger charge is -2.18. The van der Waals surface area contributed by atoms with Gasteiger partial charge in [0, 0.05) is 23.4 Å². The Bertz CT molecular complexity index is 704. The zero-order valence-corrected chi connectivity index (χ0v) is 14.5. The van der Waals surface area contributed by atoms with E-state index in [1.165, 1.54) is 12.5 Å². The normalized spacial score (nSPS) is 10.7. The zero-order valence-electron chi connectivity index (χ0n) is 14.5. The molecular formula is C20H24N2O2. The fourth-order valence-electron chi connectivity index (χ4n) is 2.49. The average Bonchev–Trinajstić information content (AvgIpc) is 2.60. The number of rotatable bonds is 7. The first kappa shape index (κ1) is 17.9. The van der Waals surface area contributed by atoms with Crippen molar-refractivity contribution in [1.82, 2.24) is 4.90 Å². The minimum Gasteiger partial charge on any atom is -0.322 e. The predicted octanol–water partition coefficient (Wildman–Crippen LogP) is 3.98. The van der Waals surface area contributed by atoms with Crippen LogP contribution in [0.1, 0.15) is 47.1 Å². The highest BCUT2D eigenvalue weighted by Gasteiger charge is 2.08. The van der Waals surface area contributed by atoms with Gasteiger partial charge in [0.15, 0.2) is 5.78 Å². The molecule has 0 saturated carbocycles. The Labute approximate surface area is 143 Å². The first-order chi connectivity index (χ1) is 11.5. The van der Waals surface area contributed by atoms with E-state index in [1.807, 2.05) is 24.3 Å². The van der Waals surface area contributed by atoms with E-state index >= 15 is 0 Å². The van der Waals surface area contributed by atoms with Crippen LogP contribution in [0.15, 0.2) is 48.5 Å². The molecule has 0 spiro atoms. The minimum absolute atomic E-state index is 0.0214. The lowest BCUT2D eigenvalue weighted by molar-refractivity contribution is 0.101. The lowest BCUT2D eigenvalue weighted by Crippen LogP contribution is -2.22. The molecule has 1 N–H and O–H groups in total. The quantitative estimate of drug-likeness (QED) is 0.784. The molecule has 0 atom stereocenters. The van der Waals surface area contributed by atoms with E-state index in [2.05, 4.69) is 24.1 Å². The summed E-state index contributed by atoms with van der Waals surface area (Å²) in [6, 6.07) is 14.6. The number of benzene rings is 2. The van der Waals surface area contributed by atoms with Crippen molar-refractivity contribution in [1.29, 1.82) is 0 Å². The molecule has 0 aliphatic carbocycles. The van der Waals surface area contributed by atoms with Crippen LogP contribution in [0, 0.1) is 0 Å². The summed E-state index contributed by atoms with van der Waals surface area (Å²) in [6.45, 7) is 8.68. The molecule has 1 amide bonds. The topological polar surface area (TPSA) is 49.4 Å². The van der Waals surface area contributed by atoms with Crippen LogP contribution in [0.5, 0.6) is 0 Å². The van der Waals surface area contributed by atoms with Crippen molar-refractivity contribution in [2.75, 3.05) is 18.4 Å². The summed E-state index contributed by atoms with van der Waals surface area (Å²) in [5.41, 5.74) is 3.00. The van der Waals surface area contributed by atoms with Crippen LogP contribution >= 0.6 is 0 Å². The molecule has 0 unspecified atom stereocenters. The van der Waals surface area contributed by atoms with Gasteiger partial charge >= 0.3 is 0 Å². The van der Waals surface area contributed by atoms with Crippen LogP contribution in [-0.4, -0.2) is 29.7 Å². The Morgan fingerprint density at radius 3 is 2.21 bits per heavy atom. The molecule has 0 heterocycles. The third-order valence-corrected chi connectivity index (χ3v) is 4.04. The van der Waals surface area contributed by atoms with Gasteiger partial charge in [-0.2, -0.15) is 0 Å². The molecule has 0 fully saturated rings. The van der Waals surface area contributed by atoms with Crippen LogP contribution in [0.4, 0.5) is 5.69 Å². The van der Waals surface area contributed by atoms with Crippen molar-refractivity contribution in [3.8, 4) is 0 Å². The second-order valence-corrected chi connectivity index (χ2v) is 5.75. The van der Waals surface area contributed by atoms with Gasteiger partial charge in [0.1, 0.15) is 0 Å². The minimum atomic E-state index is -0.176. The molecule has 0 aliphatic rings. The monoisotopic (exact) mass is 324 g/mol. The van der Waals surface area contributed by atoms with Gasteiger partial charge < -0.3 is 5.32 Å². The second kappa shape index (κ2) is 8.41. The maximum atomic E-state index is 12.3. The van der Waals surface area contributed by atoms with Crippen LogP contribution < -0.4 is 5.32 Å². The third kappa shape index (κ3) is 4.77. The molecular weight excluding hydrogens is 300 g/mol. The molecule has 2 aromatic rings. The number of carbonyl (C=O) groups is 2. The van der Waals surface area contributed by atoms with Gasteiger partial charge in [-0.3, -0.25) is 14.5 Å². The average molecular weight is 324 g/mol. The Hall–Kier alpha value is -2.46. The summed E-state index contributed by atoms with van der Waals surface area (Å²) in [7, 11) is 0. The molecule has 0 bridgehead atoms.